The van der Waals surface area contributed by atoms with E-state index in [1.165, 1.54) is 40.2 Å². The zero-order valence-electron chi connectivity index (χ0n) is 15.9. The molecule has 27 heavy (non-hydrogen) atoms. The van der Waals surface area contributed by atoms with Gasteiger partial charge in [-0.3, -0.25) is 4.79 Å². The summed E-state index contributed by atoms with van der Waals surface area (Å²) in [6, 6.07) is 17.1. The molecule has 0 aromatic heterocycles. The Hall–Kier alpha value is -1.82. The van der Waals surface area contributed by atoms with Crippen LogP contribution in [0.15, 0.2) is 58.4 Å². The standard InChI is InChI=1S/C22H24N2OS2/c1-15(2)19-10-8-18(9-11-19)14-23-13-17-6-4-16(5-7-17)12-20-21(25)24-22(26-3)27-20/h4-12,15,23H,13-14H2,1-3H3/b20-12+. The van der Waals surface area contributed by atoms with Crippen LogP contribution in [0.1, 0.15) is 42.0 Å². The summed E-state index contributed by atoms with van der Waals surface area (Å²) >= 11 is 2.95. The van der Waals surface area contributed by atoms with Gasteiger partial charge >= 0.3 is 0 Å². The first-order valence-corrected chi connectivity index (χ1v) is 11.0. The number of nitrogens with zero attached hydrogens (tertiary/aromatic N) is 1. The highest BCUT2D eigenvalue weighted by molar-refractivity contribution is 8.40. The van der Waals surface area contributed by atoms with Gasteiger partial charge < -0.3 is 5.32 Å². The summed E-state index contributed by atoms with van der Waals surface area (Å²) in [4.78, 5) is 16.6. The molecule has 1 heterocycles. The summed E-state index contributed by atoms with van der Waals surface area (Å²) in [7, 11) is 0. The van der Waals surface area contributed by atoms with Crippen LogP contribution >= 0.6 is 23.5 Å². The molecule has 1 aliphatic rings. The predicted octanol–water partition coefficient (Wildman–Crippen LogP) is 5.43. The largest absolute Gasteiger partial charge is 0.309 e. The van der Waals surface area contributed by atoms with Crippen LogP contribution in [0.4, 0.5) is 0 Å². The fourth-order valence-electron chi connectivity index (χ4n) is 2.73. The second-order valence-corrected chi connectivity index (χ2v) is 8.82. The third kappa shape index (κ3) is 5.58. The number of carbonyl (C=O) groups is 1. The van der Waals surface area contributed by atoms with Crippen LogP contribution in [-0.2, 0) is 17.9 Å². The molecule has 3 rings (SSSR count). The van der Waals surface area contributed by atoms with Gasteiger partial charge in [0.25, 0.3) is 5.91 Å². The monoisotopic (exact) mass is 396 g/mol. The van der Waals surface area contributed by atoms with Gasteiger partial charge in [0.2, 0.25) is 0 Å². The van der Waals surface area contributed by atoms with Crippen LogP contribution in [0, 0.1) is 0 Å². The van der Waals surface area contributed by atoms with Crippen molar-refractivity contribution < 1.29 is 4.79 Å². The molecule has 3 nitrogen and oxygen atoms in total. The smallest absolute Gasteiger partial charge is 0.285 e. The molecule has 0 aliphatic carbocycles. The van der Waals surface area contributed by atoms with E-state index >= 15 is 0 Å². The molecule has 0 atom stereocenters. The van der Waals surface area contributed by atoms with E-state index < -0.39 is 0 Å². The molecule has 1 N–H and O–H groups in total. The Kier molecular flexibility index (Phi) is 6.94. The summed E-state index contributed by atoms with van der Waals surface area (Å²) in [5, 5.41) is 3.48. The van der Waals surface area contributed by atoms with Crippen LogP contribution in [0.25, 0.3) is 6.08 Å². The molecule has 0 fully saturated rings. The van der Waals surface area contributed by atoms with Crippen molar-refractivity contribution in [2.75, 3.05) is 6.26 Å². The summed E-state index contributed by atoms with van der Waals surface area (Å²) < 4.78 is 0.813. The molecule has 2 aromatic rings. The molecule has 140 valence electrons. The van der Waals surface area contributed by atoms with Crippen LogP contribution in [0.5, 0.6) is 0 Å². The van der Waals surface area contributed by atoms with E-state index in [0.717, 1.165) is 23.0 Å². The summed E-state index contributed by atoms with van der Waals surface area (Å²) in [5.41, 5.74) is 4.92. The summed E-state index contributed by atoms with van der Waals surface area (Å²) in [5.74, 6) is 0.427. The SMILES string of the molecule is CSC1=NC(=O)/C(=C\c2ccc(CNCc3ccc(C(C)C)cc3)cc2)S1. The molecule has 1 amide bonds. The third-order valence-electron chi connectivity index (χ3n) is 4.36. The fraction of sp³-hybridized carbons (Fsp3) is 0.273. The van der Waals surface area contributed by atoms with Gasteiger partial charge in [-0.2, -0.15) is 4.99 Å². The summed E-state index contributed by atoms with van der Waals surface area (Å²) in [6.45, 7) is 6.09. The van der Waals surface area contributed by atoms with Gasteiger partial charge in [0.1, 0.15) is 4.38 Å². The second-order valence-electron chi connectivity index (χ2n) is 6.74. The Balaban J connectivity index is 1.52. The number of nitrogens with one attached hydrogen (secondary N) is 1. The van der Waals surface area contributed by atoms with E-state index in [4.69, 9.17) is 0 Å². The van der Waals surface area contributed by atoms with Crippen molar-refractivity contribution in [2.45, 2.75) is 32.9 Å². The van der Waals surface area contributed by atoms with Crippen molar-refractivity contribution >= 4 is 39.9 Å². The molecular formula is C22H24N2OS2. The molecule has 2 aromatic carbocycles. The van der Waals surface area contributed by atoms with Crippen LogP contribution < -0.4 is 5.32 Å². The van der Waals surface area contributed by atoms with Crippen molar-refractivity contribution in [3.8, 4) is 0 Å². The molecular weight excluding hydrogens is 372 g/mol. The topological polar surface area (TPSA) is 41.5 Å². The van der Waals surface area contributed by atoms with Crippen molar-refractivity contribution in [3.05, 3.63) is 75.7 Å². The number of hydrogen-bond acceptors (Lipinski definition) is 4. The first-order valence-electron chi connectivity index (χ1n) is 9.00. The molecule has 0 bridgehead atoms. The fourth-order valence-corrected chi connectivity index (χ4v) is 4.15. The van der Waals surface area contributed by atoms with Crippen molar-refractivity contribution in [2.24, 2.45) is 4.99 Å². The normalized spacial score (nSPS) is 15.6. The molecule has 0 radical (unpaired) electrons. The van der Waals surface area contributed by atoms with Crippen LogP contribution in [-0.4, -0.2) is 16.5 Å². The van der Waals surface area contributed by atoms with E-state index in [1.807, 2.05) is 24.5 Å². The molecule has 1 aliphatic heterocycles. The maximum Gasteiger partial charge on any atom is 0.285 e. The molecule has 0 spiro atoms. The Morgan fingerprint density at radius 3 is 2.15 bits per heavy atom. The van der Waals surface area contributed by atoms with Crippen LogP contribution in [0.2, 0.25) is 0 Å². The number of thioether (sulfide) groups is 2. The number of hydrogen-bond donors (Lipinski definition) is 1. The lowest BCUT2D eigenvalue weighted by Gasteiger charge is -2.08. The van der Waals surface area contributed by atoms with Gasteiger partial charge in [-0.25, -0.2) is 0 Å². The number of carbonyl (C=O) groups excluding carboxylic acids is 1. The zero-order valence-corrected chi connectivity index (χ0v) is 17.5. The minimum atomic E-state index is -0.140. The van der Waals surface area contributed by atoms with Gasteiger partial charge in [-0.1, -0.05) is 74.1 Å². The van der Waals surface area contributed by atoms with E-state index in [2.05, 4.69) is 60.6 Å². The highest BCUT2D eigenvalue weighted by Gasteiger charge is 2.20. The maximum atomic E-state index is 11.8. The summed E-state index contributed by atoms with van der Waals surface area (Å²) in [6.07, 6.45) is 3.84. The quantitative estimate of drug-likeness (QED) is 0.661. The molecule has 0 saturated heterocycles. The van der Waals surface area contributed by atoms with E-state index in [-0.39, 0.29) is 5.91 Å². The second kappa shape index (κ2) is 9.40. The minimum absolute atomic E-state index is 0.140. The number of rotatable bonds is 6. The van der Waals surface area contributed by atoms with E-state index in [9.17, 15) is 4.79 Å². The maximum absolute atomic E-state index is 11.8. The third-order valence-corrected chi connectivity index (χ3v) is 6.33. The Labute approximate surface area is 169 Å². The first kappa shape index (κ1) is 19.9. The van der Waals surface area contributed by atoms with Crippen LogP contribution in [0.3, 0.4) is 0 Å². The van der Waals surface area contributed by atoms with E-state index in [0.29, 0.717) is 10.8 Å². The number of benzene rings is 2. The lowest BCUT2D eigenvalue weighted by molar-refractivity contribution is -0.113. The lowest BCUT2D eigenvalue weighted by atomic mass is 10.0. The Morgan fingerprint density at radius 1 is 1.04 bits per heavy atom. The van der Waals surface area contributed by atoms with Gasteiger partial charge in [0.05, 0.1) is 4.91 Å². The van der Waals surface area contributed by atoms with Gasteiger partial charge in [0, 0.05) is 13.1 Å². The van der Waals surface area contributed by atoms with Crippen molar-refractivity contribution in [1.29, 1.82) is 0 Å². The number of aliphatic imine (C=N–C) groups is 1. The highest BCUT2D eigenvalue weighted by atomic mass is 32.2. The molecule has 0 saturated carbocycles. The highest BCUT2D eigenvalue weighted by Crippen LogP contribution is 2.32. The van der Waals surface area contributed by atoms with Crippen molar-refractivity contribution in [3.63, 3.8) is 0 Å². The predicted molar refractivity (Wildman–Crippen MR) is 119 cm³/mol. The number of amides is 1. The minimum Gasteiger partial charge on any atom is -0.309 e. The van der Waals surface area contributed by atoms with Gasteiger partial charge in [0.15, 0.2) is 0 Å². The molecule has 5 heteroatoms. The van der Waals surface area contributed by atoms with Gasteiger partial charge in [-0.05, 0) is 40.5 Å². The first-order chi connectivity index (χ1) is 13.0. The average molecular weight is 397 g/mol. The van der Waals surface area contributed by atoms with Crippen molar-refractivity contribution in [1.82, 2.24) is 5.32 Å². The Bertz CT molecular complexity index is 853. The zero-order chi connectivity index (χ0) is 19.2. The average Bonchev–Trinajstić information content (AvgIpc) is 3.03. The Morgan fingerprint density at radius 2 is 1.63 bits per heavy atom. The molecule has 0 unspecified atom stereocenters. The lowest BCUT2D eigenvalue weighted by Crippen LogP contribution is -2.12. The van der Waals surface area contributed by atoms with Gasteiger partial charge in [-0.15, -0.1) is 11.8 Å². The van der Waals surface area contributed by atoms with E-state index in [1.54, 1.807) is 0 Å².